The van der Waals surface area contributed by atoms with E-state index in [1.54, 1.807) is 12.1 Å². The molecule has 19 heavy (non-hydrogen) atoms. The molecule has 1 unspecified atom stereocenters. The second kappa shape index (κ2) is 5.67. The molecule has 0 spiro atoms. The van der Waals surface area contributed by atoms with Crippen molar-refractivity contribution in [2.75, 3.05) is 13.1 Å². The van der Waals surface area contributed by atoms with Crippen molar-refractivity contribution in [2.24, 2.45) is 5.92 Å². The molecule has 5 nitrogen and oxygen atoms in total. The summed E-state index contributed by atoms with van der Waals surface area (Å²) in [5, 5.41) is 11.4. The van der Waals surface area contributed by atoms with Crippen LogP contribution < -0.4 is 0 Å². The first-order valence-electron chi connectivity index (χ1n) is 6.15. The molecule has 102 valence electrons. The molecule has 1 aliphatic rings. The van der Waals surface area contributed by atoms with Gasteiger partial charge in [-0.2, -0.15) is 0 Å². The second-order valence-corrected chi connectivity index (χ2v) is 5.32. The lowest BCUT2D eigenvalue weighted by molar-refractivity contribution is -0.385. The topological polar surface area (TPSA) is 63.4 Å². The Morgan fingerprint density at radius 3 is 2.89 bits per heavy atom. The number of nitro benzene ring substituents is 1. The van der Waals surface area contributed by atoms with Crippen LogP contribution in [0.25, 0.3) is 0 Å². The molecular weight excluding hydrogens is 268 g/mol. The number of hydrogen-bond donors (Lipinski definition) is 0. The number of nitrogens with zero attached hydrogens (tertiary/aromatic N) is 2. The van der Waals surface area contributed by atoms with Gasteiger partial charge in [0, 0.05) is 48.6 Å². The lowest BCUT2D eigenvalue weighted by atomic mass is 9.98. The van der Waals surface area contributed by atoms with Crippen molar-refractivity contribution >= 4 is 23.1 Å². The van der Waals surface area contributed by atoms with E-state index < -0.39 is 4.92 Å². The van der Waals surface area contributed by atoms with Crippen molar-refractivity contribution < 1.29 is 9.72 Å². The van der Waals surface area contributed by atoms with Crippen LogP contribution in [-0.2, 0) is 11.3 Å². The zero-order chi connectivity index (χ0) is 14.0. The van der Waals surface area contributed by atoms with Gasteiger partial charge in [0.25, 0.3) is 5.69 Å². The fourth-order valence-corrected chi connectivity index (χ4v) is 2.49. The van der Waals surface area contributed by atoms with Gasteiger partial charge in [-0.3, -0.25) is 19.8 Å². The number of ketones is 1. The molecule has 0 radical (unpaired) electrons. The van der Waals surface area contributed by atoms with Crippen LogP contribution in [0, 0.1) is 16.0 Å². The van der Waals surface area contributed by atoms with Crippen molar-refractivity contribution in [1.82, 2.24) is 4.90 Å². The van der Waals surface area contributed by atoms with E-state index in [0.717, 1.165) is 0 Å². The molecule has 1 fully saturated rings. The van der Waals surface area contributed by atoms with E-state index in [-0.39, 0.29) is 17.4 Å². The van der Waals surface area contributed by atoms with Gasteiger partial charge >= 0.3 is 0 Å². The number of piperidine rings is 1. The Kier molecular flexibility index (Phi) is 4.17. The highest BCUT2D eigenvalue weighted by molar-refractivity contribution is 6.30. The van der Waals surface area contributed by atoms with E-state index >= 15 is 0 Å². The number of carbonyl (C=O) groups is 1. The monoisotopic (exact) mass is 282 g/mol. The average molecular weight is 283 g/mol. The largest absolute Gasteiger partial charge is 0.299 e. The maximum Gasteiger partial charge on any atom is 0.275 e. The minimum atomic E-state index is -0.417. The van der Waals surface area contributed by atoms with E-state index in [4.69, 9.17) is 11.6 Å². The molecule has 0 aliphatic carbocycles. The average Bonchev–Trinajstić information content (AvgIpc) is 2.36. The fourth-order valence-electron chi connectivity index (χ4n) is 2.32. The van der Waals surface area contributed by atoms with Gasteiger partial charge < -0.3 is 0 Å². The van der Waals surface area contributed by atoms with Crippen LogP contribution in [0.5, 0.6) is 0 Å². The van der Waals surface area contributed by atoms with Gasteiger partial charge in [0.2, 0.25) is 0 Å². The van der Waals surface area contributed by atoms with Gasteiger partial charge in [-0.15, -0.1) is 0 Å². The van der Waals surface area contributed by atoms with Gasteiger partial charge in [-0.05, 0) is 12.1 Å². The Bertz CT molecular complexity index is 519. The number of rotatable bonds is 3. The molecule has 1 heterocycles. The molecule has 0 bridgehead atoms. The molecule has 0 N–H and O–H groups in total. The quantitative estimate of drug-likeness (QED) is 0.631. The predicted octanol–water partition coefficient (Wildman–Crippen LogP) is 2.66. The fraction of sp³-hybridized carbons (Fsp3) is 0.462. The number of hydrogen-bond acceptors (Lipinski definition) is 4. The molecule has 1 aromatic rings. The summed E-state index contributed by atoms with van der Waals surface area (Å²) in [6.45, 7) is 3.68. The highest BCUT2D eigenvalue weighted by Crippen LogP contribution is 2.25. The highest BCUT2D eigenvalue weighted by atomic mass is 35.5. The zero-order valence-electron chi connectivity index (χ0n) is 10.6. The number of carbonyl (C=O) groups excluding carboxylic acids is 1. The third-order valence-corrected chi connectivity index (χ3v) is 3.63. The van der Waals surface area contributed by atoms with Gasteiger partial charge in [0.15, 0.2) is 0 Å². The van der Waals surface area contributed by atoms with E-state index in [1.165, 1.54) is 6.07 Å². The minimum Gasteiger partial charge on any atom is -0.299 e. The summed E-state index contributed by atoms with van der Waals surface area (Å²) >= 11 is 5.78. The summed E-state index contributed by atoms with van der Waals surface area (Å²) in [6, 6.07) is 4.71. The molecule has 0 amide bonds. The molecule has 1 saturated heterocycles. The van der Waals surface area contributed by atoms with Crippen LogP contribution in [0.1, 0.15) is 18.9 Å². The molecule has 2 rings (SSSR count). The third kappa shape index (κ3) is 3.30. The summed E-state index contributed by atoms with van der Waals surface area (Å²) in [4.78, 5) is 24.1. The molecular formula is C13H15ClN2O3. The number of likely N-dealkylation sites (tertiary alicyclic amines) is 1. The molecule has 6 heteroatoms. The summed E-state index contributed by atoms with van der Waals surface area (Å²) in [7, 11) is 0. The smallest absolute Gasteiger partial charge is 0.275 e. The maximum atomic E-state index is 11.5. The van der Waals surface area contributed by atoms with Crippen LogP contribution in [0.4, 0.5) is 5.69 Å². The molecule has 1 aromatic carbocycles. The number of nitro groups is 1. The normalized spacial score (nSPS) is 20.5. The number of benzene rings is 1. The van der Waals surface area contributed by atoms with Gasteiger partial charge in [0.05, 0.1) is 4.92 Å². The van der Waals surface area contributed by atoms with Crippen molar-refractivity contribution in [3.05, 3.63) is 38.9 Å². The van der Waals surface area contributed by atoms with Crippen LogP contribution >= 0.6 is 11.6 Å². The van der Waals surface area contributed by atoms with Crippen molar-refractivity contribution in [1.29, 1.82) is 0 Å². The third-order valence-electron chi connectivity index (χ3n) is 3.39. The van der Waals surface area contributed by atoms with Crippen LogP contribution in [-0.4, -0.2) is 28.7 Å². The Hall–Kier alpha value is -1.46. The summed E-state index contributed by atoms with van der Waals surface area (Å²) in [5.74, 6) is 0.266. The lowest BCUT2D eigenvalue weighted by Gasteiger charge is -2.29. The summed E-state index contributed by atoms with van der Waals surface area (Å²) < 4.78 is 0. The van der Waals surface area contributed by atoms with Crippen molar-refractivity contribution in [3.63, 3.8) is 0 Å². The predicted molar refractivity (Wildman–Crippen MR) is 72.2 cm³/mol. The van der Waals surface area contributed by atoms with Gasteiger partial charge in [-0.1, -0.05) is 18.5 Å². The Morgan fingerprint density at radius 2 is 2.26 bits per heavy atom. The highest BCUT2D eigenvalue weighted by Gasteiger charge is 2.25. The van der Waals surface area contributed by atoms with Gasteiger partial charge in [0.1, 0.15) is 5.78 Å². The molecule has 1 aliphatic heterocycles. The van der Waals surface area contributed by atoms with E-state index in [0.29, 0.717) is 36.6 Å². The second-order valence-electron chi connectivity index (χ2n) is 4.88. The van der Waals surface area contributed by atoms with E-state index in [9.17, 15) is 14.9 Å². The molecule has 0 saturated carbocycles. The minimum absolute atomic E-state index is 0.0000985. The first kappa shape index (κ1) is 14.0. The summed E-state index contributed by atoms with van der Waals surface area (Å²) in [5.41, 5.74) is 0.674. The van der Waals surface area contributed by atoms with Crippen LogP contribution in [0.3, 0.4) is 0 Å². The van der Waals surface area contributed by atoms with Crippen molar-refractivity contribution in [3.8, 4) is 0 Å². The van der Waals surface area contributed by atoms with E-state index in [2.05, 4.69) is 4.90 Å². The first-order valence-corrected chi connectivity index (χ1v) is 6.53. The zero-order valence-corrected chi connectivity index (χ0v) is 11.4. The van der Waals surface area contributed by atoms with E-state index in [1.807, 2.05) is 6.92 Å². The van der Waals surface area contributed by atoms with Crippen LogP contribution in [0.15, 0.2) is 18.2 Å². The molecule has 1 atom stereocenters. The lowest BCUT2D eigenvalue weighted by Crippen LogP contribution is -2.39. The Labute approximate surface area is 116 Å². The molecule has 0 aromatic heterocycles. The Balaban J connectivity index is 2.15. The standard InChI is InChI=1S/C13H15ClN2O3/c1-9-7-15(5-4-13(9)17)8-10-2-3-11(14)6-12(10)16(18)19/h2-3,6,9H,4-5,7-8H2,1H3. The van der Waals surface area contributed by atoms with Crippen LogP contribution in [0.2, 0.25) is 5.02 Å². The van der Waals surface area contributed by atoms with Gasteiger partial charge in [-0.25, -0.2) is 0 Å². The SMILES string of the molecule is CC1CN(Cc2ccc(Cl)cc2[N+](=O)[O-])CCC1=O. The number of halogens is 1. The first-order chi connectivity index (χ1) is 8.97. The maximum absolute atomic E-state index is 11.5. The summed E-state index contributed by atoms with van der Waals surface area (Å²) in [6.07, 6.45) is 0.516. The van der Waals surface area contributed by atoms with Crippen molar-refractivity contribution in [2.45, 2.75) is 19.9 Å². The Morgan fingerprint density at radius 1 is 1.53 bits per heavy atom. The number of Topliss-reactive ketones (excluding diaryl/α,β-unsaturated/α-hetero) is 1.